The minimum Gasteiger partial charge on any atom is -0.338 e. The molecule has 2 rings (SSSR count). The van der Waals surface area contributed by atoms with E-state index in [0.717, 1.165) is 19.3 Å². The van der Waals surface area contributed by atoms with Gasteiger partial charge in [-0.05, 0) is 25.3 Å². The van der Waals surface area contributed by atoms with E-state index in [4.69, 9.17) is 16.3 Å². The van der Waals surface area contributed by atoms with E-state index in [9.17, 15) is 0 Å². The topological polar surface area (TPSA) is 27.1 Å². The van der Waals surface area contributed by atoms with Gasteiger partial charge in [-0.1, -0.05) is 11.6 Å². The zero-order valence-electron chi connectivity index (χ0n) is 6.69. The van der Waals surface area contributed by atoms with Crippen LogP contribution in [0.2, 0.25) is 0 Å². The SMILES string of the molecule is ClC1CCCC(n2cccn2)O1. The largest absolute Gasteiger partial charge is 0.338 e. The number of halogens is 1. The summed E-state index contributed by atoms with van der Waals surface area (Å²) in [6.07, 6.45) is 6.75. The molecule has 0 bridgehead atoms. The fraction of sp³-hybridized carbons (Fsp3) is 0.625. The van der Waals surface area contributed by atoms with E-state index in [0.29, 0.717) is 0 Å². The molecule has 1 saturated heterocycles. The highest BCUT2D eigenvalue weighted by Crippen LogP contribution is 2.27. The third-order valence-electron chi connectivity index (χ3n) is 2.01. The van der Waals surface area contributed by atoms with Crippen LogP contribution in [0, 0.1) is 0 Å². The van der Waals surface area contributed by atoms with Crippen molar-refractivity contribution >= 4 is 11.6 Å². The molecule has 0 aliphatic carbocycles. The van der Waals surface area contributed by atoms with Crippen LogP contribution in [0.1, 0.15) is 25.5 Å². The Morgan fingerprint density at radius 1 is 1.50 bits per heavy atom. The molecule has 1 aliphatic heterocycles. The van der Waals surface area contributed by atoms with Gasteiger partial charge in [0.25, 0.3) is 0 Å². The quantitative estimate of drug-likeness (QED) is 0.629. The number of nitrogens with zero attached hydrogens (tertiary/aromatic N) is 2. The molecule has 0 spiro atoms. The predicted molar refractivity (Wildman–Crippen MR) is 45.8 cm³/mol. The summed E-state index contributed by atoms with van der Waals surface area (Å²) in [4.78, 5) is 0. The number of alkyl halides is 1. The van der Waals surface area contributed by atoms with Gasteiger partial charge in [-0.3, -0.25) is 0 Å². The molecule has 4 heteroatoms. The highest BCUT2D eigenvalue weighted by Gasteiger charge is 2.21. The lowest BCUT2D eigenvalue weighted by Gasteiger charge is -2.26. The van der Waals surface area contributed by atoms with E-state index in [1.165, 1.54) is 0 Å². The van der Waals surface area contributed by atoms with Crippen LogP contribution in [-0.4, -0.2) is 15.3 Å². The molecule has 0 N–H and O–H groups in total. The fourth-order valence-corrected chi connectivity index (χ4v) is 1.68. The van der Waals surface area contributed by atoms with Crippen LogP contribution in [0.5, 0.6) is 0 Å². The second-order valence-electron chi connectivity index (χ2n) is 2.92. The second kappa shape index (κ2) is 3.46. The molecular weight excluding hydrogens is 176 g/mol. The van der Waals surface area contributed by atoms with E-state index in [1.807, 2.05) is 16.9 Å². The number of hydrogen-bond acceptors (Lipinski definition) is 2. The lowest BCUT2D eigenvalue weighted by Crippen LogP contribution is -2.22. The van der Waals surface area contributed by atoms with Crippen LogP contribution in [-0.2, 0) is 4.74 Å². The average Bonchev–Trinajstić information content (AvgIpc) is 2.56. The van der Waals surface area contributed by atoms with Crippen LogP contribution >= 0.6 is 11.6 Å². The van der Waals surface area contributed by atoms with Crippen molar-refractivity contribution in [1.82, 2.24) is 9.78 Å². The summed E-state index contributed by atoms with van der Waals surface area (Å²) in [7, 11) is 0. The van der Waals surface area contributed by atoms with Gasteiger partial charge in [-0.2, -0.15) is 5.10 Å². The Bertz CT molecular complexity index is 237. The zero-order valence-corrected chi connectivity index (χ0v) is 7.44. The van der Waals surface area contributed by atoms with Crippen LogP contribution < -0.4 is 0 Å². The second-order valence-corrected chi connectivity index (χ2v) is 3.40. The van der Waals surface area contributed by atoms with Crippen molar-refractivity contribution in [3.05, 3.63) is 18.5 Å². The molecule has 0 radical (unpaired) electrons. The number of aromatic nitrogens is 2. The lowest BCUT2D eigenvalue weighted by molar-refractivity contribution is -0.0597. The van der Waals surface area contributed by atoms with Crippen LogP contribution in [0.4, 0.5) is 0 Å². The van der Waals surface area contributed by atoms with Gasteiger partial charge in [0.2, 0.25) is 0 Å². The van der Waals surface area contributed by atoms with Gasteiger partial charge in [0, 0.05) is 12.4 Å². The first-order valence-corrected chi connectivity index (χ1v) is 4.58. The Labute approximate surface area is 76.3 Å². The van der Waals surface area contributed by atoms with E-state index in [2.05, 4.69) is 5.10 Å². The third kappa shape index (κ3) is 1.62. The molecule has 2 atom stereocenters. The summed E-state index contributed by atoms with van der Waals surface area (Å²) in [6, 6.07) is 1.89. The Hall–Kier alpha value is -0.540. The molecule has 2 heterocycles. The van der Waals surface area contributed by atoms with Gasteiger partial charge in [-0.25, -0.2) is 4.68 Å². The number of ether oxygens (including phenoxy) is 1. The molecule has 2 unspecified atom stereocenters. The monoisotopic (exact) mass is 186 g/mol. The van der Waals surface area contributed by atoms with Crippen molar-refractivity contribution in [2.75, 3.05) is 0 Å². The van der Waals surface area contributed by atoms with Crippen molar-refractivity contribution < 1.29 is 4.74 Å². The van der Waals surface area contributed by atoms with Crippen molar-refractivity contribution in [2.24, 2.45) is 0 Å². The number of rotatable bonds is 1. The maximum Gasteiger partial charge on any atom is 0.152 e. The summed E-state index contributed by atoms with van der Waals surface area (Å²) < 4.78 is 7.31. The first-order chi connectivity index (χ1) is 5.86. The van der Waals surface area contributed by atoms with E-state index < -0.39 is 0 Å². The number of hydrogen-bond donors (Lipinski definition) is 0. The maximum absolute atomic E-state index is 5.86. The Kier molecular flexibility index (Phi) is 2.33. The molecule has 0 saturated carbocycles. The summed E-state index contributed by atoms with van der Waals surface area (Å²) in [5.41, 5.74) is -0.145. The lowest BCUT2D eigenvalue weighted by atomic mass is 10.2. The van der Waals surface area contributed by atoms with Gasteiger partial charge in [0.1, 0.15) is 5.56 Å². The molecule has 1 aliphatic rings. The molecule has 1 aromatic heterocycles. The summed E-state index contributed by atoms with van der Waals surface area (Å²) in [5.74, 6) is 0. The molecule has 66 valence electrons. The zero-order chi connectivity index (χ0) is 8.39. The van der Waals surface area contributed by atoms with Gasteiger partial charge in [0.15, 0.2) is 6.23 Å². The minimum absolute atomic E-state index is 0.0382. The summed E-state index contributed by atoms with van der Waals surface area (Å²) in [6.45, 7) is 0. The maximum atomic E-state index is 5.86. The Balaban J connectivity index is 2.04. The molecule has 0 amide bonds. The Morgan fingerprint density at radius 2 is 2.42 bits per heavy atom. The molecular formula is C8H11ClN2O. The first-order valence-electron chi connectivity index (χ1n) is 4.15. The highest BCUT2D eigenvalue weighted by molar-refractivity contribution is 6.19. The minimum atomic E-state index is -0.145. The van der Waals surface area contributed by atoms with Gasteiger partial charge >= 0.3 is 0 Å². The highest BCUT2D eigenvalue weighted by atomic mass is 35.5. The molecule has 1 fully saturated rings. The average molecular weight is 187 g/mol. The molecule has 3 nitrogen and oxygen atoms in total. The molecule has 1 aromatic rings. The van der Waals surface area contributed by atoms with Crippen molar-refractivity contribution in [3.8, 4) is 0 Å². The third-order valence-corrected chi connectivity index (χ3v) is 2.33. The summed E-state index contributed by atoms with van der Waals surface area (Å²) in [5, 5.41) is 4.11. The van der Waals surface area contributed by atoms with Crippen molar-refractivity contribution in [3.63, 3.8) is 0 Å². The standard InChI is InChI=1S/C8H11ClN2O/c9-7-3-1-4-8(12-7)11-6-2-5-10-11/h2,5-8H,1,3-4H2. The van der Waals surface area contributed by atoms with E-state index >= 15 is 0 Å². The van der Waals surface area contributed by atoms with E-state index in [1.54, 1.807) is 6.20 Å². The van der Waals surface area contributed by atoms with Crippen LogP contribution in [0.25, 0.3) is 0 Å². The van der Waals surface area contributed by atoms with Crippen molar-refractivity contribution in [1.29, 1.82) is 0 Å². The summed E-state index contributed by atoms with van der Waals surface area (Å²) >= 11 is 5.86. The first kappa shape index (κ1) is 8.08. The van der Waals surface area contributed by atoms with Crippen molar-refractivity contribution in [2.45, 2.75) is 31.1 Å². The van der Waals surface area contributed by atoms with Gasteiger partial charge in [-0.15, -0.1) is 0 Å². The predicted octanol–water partition coefficient (Wildman–Crippen LogP) is 2.15. The molecule has 0 aromatic carbocycles. The molecule has 12 heavy (non-hydrogen) atoms. The normalized spacial score (nSPS) is 30.4. The Morgan fingerprint density at radius 3 is 3.08 bits per heavy atom. The smallest absolute Gasteiger partial charge is 0.152 e. The fourth-order valence-electron chi connectivity index (χ4n) is 1.41. The van der Waals surface area contributed by atoms with Crippen LogP contribution in [0.3, 0.4) is 0 Å². The van der Waals surface area contributed by atoms with Gasteiger partial charge < -0.3 is 4.74 Å². The van der Waals surface area contributed by atoms with Crippen LogP contribution in [0.15, 0.2) is 18.5 Å². The van der Waals surface area contributed by atoms with Gasteiger partial charge in [0.05, 0.1) is 0 Å². The van der Waals surface area contributed by atoms with E-state index in [-0.39, 0.29) is 11.8 Å².